The van der Waals surface area contributed by atoms with Crippen molar-refractivity contribution in [2.45, 2.75) is 32.0 Å². The van der Waals surface area contributed by atoms with Gasteiger partial charge in [0, 0.05) is 6.61 Å². The van der Waals surface area contributed by atoms with E-state index in [-0.39, 0.29) is 6.10 Å². The second-order valence-corrected chi connectivity index (χ2v) is 4.36. The van der Waals surface area contributed by atoms with Gasteiger partial charge in [-0.05, 0) is 30.9 Å². The molecule has 1 aromatic carbocycles. The molecule has 0 saturated heterocycles. The Bertz CT molecular complexity index is 386. The van der Waals surface area contributed by atoms with Crippen LogP contribution in [0.25, 0.3) is 0 Å². The number of rotatable bonds is 6. The molecule has 18 heavy (non-hydrogen) atoms. The van der Waals surface area contributed by atoms with Crippen LogP contribution in [-0.4, -0.2) is 24.6 Å². The number of aliphatic hydroxyl groups excluding tert-OH is 1. The van der Waals surface area contributed by atoms with Crippen LogP contribution < -0.4 is 0 Å². The molecule has 2 atom stereocenters. The molecule has 2 rings (SSSR count). The molecule has 1 aliphatic rings. The van der Waals surface area contributed by atoms with Gasteiger partial charge in [-0.1, -0.05) is 36.4 Å². The summed E-state index contributed by atoms with van der Waals surface area (Å²) >= 11 is 0. The summed E-state index contributed by atoms with van der Waals surface area (Å²) in [5.74, 6) is 0. The van der Waals surface area contributed by atoms with Gasteiger partial charge in [-0.2, -0.15) is 0 Å². The minimum atomic E-state index is -0.569. The first-order valence-corrected chi connectivity index (χ1v) is 6.45. The van der Waals surface area contributed by atoms with Crippen molar-refractivity contribution in [1.82, 2.24) is 0 Å². The first-order valence-electron chi connectivity index (χ1n) is 6.45. The standard InChI is InChI=1S/C15H20O3/c1-2-17-11-18-14-10-6-9-13(14)15(16)12-7-4-3-5-8-12/h3-5,7-9,14-16H,2,6,10-11H2,1H3. The number of hydrogen-bond acceptors (Lipinski definition) is 3. The lowest BCUT2D eigenvalue weighted by Gasteiger charge is -2.20. The second kappa shape index (κ2) is 6.69. The van der Waals surface area contributed by atoms with Gasteiger partial charge in [-0.25, -0.2) is 0 Å². The lowest BCUT2D eigenvalue weighted by atomic mass is 9.99. The van der Waals surface area contributed by atoms with Crippen LogP contribution in [0.4, 0.5) is 0 Å². The monoisotopic (exact) mass is 248 g/mol. The van der Waals surface area contributed by atoms with E-state index < -0.39 is 6.10 Å². The first-order chi connectivity index (χ1) is 8.83. The van der Waals surface area contributed by atoms with Gasteiger partial charge in [0.1, 0.15) is 12.9 Å². The van der Waals surface area contributed by atoms with Gasteiger partial charge < -0.3 is 14.6 Å². The largest absolute Gasteiger partial charge is 0.384 e. The van der Waals surface area contributed by atoms with E-state index in [4.69, 9.17) is 9.47 Å². The van der Waals surface area contributed by atoms with E-state index in [2.05, 4.69) is 6.08 Å². The van der Waals surface area contributed by atoms with Crippen molar-refractivity contribution >= 4 is 0 Å². The number of aliphatic hydroxyl groups is 1. The third kappa shape index (κ3) is 3.19. The van der Waals surface area contributed by atoms with E-state index in [0.717, 1.165) is 24.0 Å². The molecule has 0 aromatic heterocycles. The molecule has 98 valence electrons. The number of ether oxygens (including phenoxy) is 2. The van der Waals surface area contributed by atoms with Crippen molar-refractivity contribution in [2.24, 2.45) is 0 Å². The molecule has 2 unspecified atom stereocenters. The van der Waals surface area contributed by atoms with Crippen molar-refractivity contribution < 1.29 is 14.6 Å². The maximum absolute atomic E-state index is 10.4. The summed E-state index contributed by atoms with van der Waals surface area (Å²) in [5.41, 5.74) is 1.87. The third-order valence-electron chi connectivity index (χ3n) is 3.17. The lowest BCUT2D eigenvalue weighted by Crippen LogP contribution is -2.18. The minimum Gasteiger partial charge on any atom is -0.384 e. The fraction of sp³-hybridized carbons (Fsp3) is 0.467. The number of allylic oxidation sites excluding steroid dienone is 1. The summed E-state index contributed by atoms with van der Waals surface area (Å²) in [4.78, 5) is 0. The molecule has 0 saturated carbocycles. The molecule has 0 aliphatic heterocycles. The average molecular weight is 248 g/mol. The molecular formula is C15H20O3. The Morgan fingerprint density at radius 1 is 1.33 bits per heavy atom. The summed E-state index contributed by atoms with van der Waals surface area (Å²) in [6.45, 7) is 2.88. The molecule has 0 bridgehead atoms. The maximum atomic E-state index is 10.4. The summed E-state index contributed by atoms with van der Waals surface area (Å²) in [6, 6.07) is 9.68. The van der Waals surface area contributed by atoms with E-state index >= 15 is 0 Å². The van der Waals surface area contributed by atoms with Crippen LogP contribution in [0.15, 0.2) is 42.0 Å². The molecule has 0 fully saturated rings. The molecule has 0 heterocycles. The highest BCUT2D eigenvalue weighted by atomic mass is 16.7. The minimum absolute atomic E-state index is 0.0215. The quantitative estimate of drug-likeness (QED) is 0.478. The summed E-state index contributed by atoms with van der Waals surface area (Å²) in [6.07, 6.45) is 3.36. The van der Waals surface area contributed by atoms with Crippen LogP contribution >= 0.6 is 0 Å². The van der Waals surface area contributed by atoms with Crippen molar-refractivity contribution in [3.8, 4) is 0 Å². The molecule has 0 spiro atoms. The predicted molar refractivity (Wildman–Crippen MR) is 70.1 cm³/mol. The van der Waals surface area contributed by atoms with Crippen LogP contribution in [0.2, 0.25) is 0 Å². The van der Waals surface area contributed by atoms with E-state index in [9.17, 15) is 5.11 Å². The van der Waals surface area contributed by atoms with Crippen LogP contribution in [0.5, 0.6) is 0 Å². The van der Waals surface area contributed by atoms with Crippen LogP contribution in [-0.2, 0) is 9.47 Å². The van der Waals surface area contributed by atoms with Crippen LogP contribution in [0, 0.1) is 0 Å². The Hall–Kier alpha value is -1.16. The molecule has 1 aliphatic carbocycles. The van der Waals surface area contributed by atoms with Gasteiger partial charge in [0.2, 0.25) is 0 Å². The Balaban J connectivity index is 1.98. The predicted octanol–water partition coefficient (Wildman–Crippen LogP) is 2.82. The van der Waals surface area contributed by atoms with Gasteiger partial charge in [0.05, 0.1) is 6.10 Å². The SMILES string of the molecule is CCOCOC1CCC=C1C(O)c1ccccc1. The Morgan fingerprint density at radius 3 is 2.83 bits per heavy atom. The zero-order chi connectivity index (χ0) is 12.8. The summed E-state index contributed by atoms with van der Waals surface area (Å²) in [5, 5.41) is 10.4. The zero-order valence-electron chi connectivity index (χ0n) is 10.7. The maximum Gasteiger partial charge on any atom is 0.147 e. The molecule has 1 N–H and O–H groups in total. The van der Waals surface area contributed by atoms with Crippen molar-refractivity contribution in [1.29, 1.82) is 0 Å². The van der Waals surface area contributed by atoms with Gasteiger partial charge in [-0.3, -0.25) is 0 Å². The molecule has 1 aromatic rings. The summed E-state index contributed by atoms with van der Waals surface area (Å²) in [7, 11) is 0. The summed E-state index contributed by atoms with van der Waals surface area (Å²) < 4.78 is 10.8. The highest BCUT2D eigenvalue weighted by molar-refractivity contribution is 5.30. The van der Waals surface area contributed by atoms with Crippen molar-refractivity contribution in [3.63, 3.8) is 0 Å². The van der Waals surface area contributed by atoms with Gasteiger partial charge in [-0.15, -0.1) is 0 Å². The smallest absolute Gasteiger partial charge is 0.147 e. The van der Waals surface area contributed by atoms with E-state index in [0.29, 0.717) is 13.4 Å². The number of hydrogen-bond donors (Lipinski definition) is 1. The molecule has 0 amide bonds. The fourth-order valence-electron chi connectivity index (χ4n) is 2.21. The van der Waals surface area contributed by atoms with Crippen LogP contribution in [0.3, 0.4) is 0 Å². The Labute approximate surface area is 108 Å². The lowest BCUT2D eigenvalue weighted by molar-refractivity contribution is -0.0784. The third-order valence-corrected chi connectivity index (χ3v) is 3.17. The Morgan fingerprint density at radius 2 is 2.11 bits per heavy atom. The Kier molecular flexibility index (Phi) is 4.93. The van der Waals surface area contributed by atoms with E-state index in [1.807, 2.05) is 37.3 Å². The molecule has 0 radical (unpaired) electrons. The van der Waals surface area contributed by atoms with Gasteiger partial charge >= 0.3 is 0 Å². The first kappa shape index (κ1) is 13.3. The molecular weight excluding hydrogens is 228 g/mol. The average Bonchev–Trinajstić information content (AvgIpc) is 2.88. The van der Waals surface area contributed by atoms with Crippen molar-refractivity contribution in [3.05, 3.63) is 47.5 Å². The zero-order valence-corrected chi connectivity index (χ0v) is 10.7. The highest BCUT2D eigenvalue weighted by Gasteiger charge is 2.26. The van der Waals surface area contributed by atoms with E-state index in [1.165, 1.54) is 0 Å². The van der Waals surface area contributed by atoms with Crippen LogP contribution in [0.1, 0.15) is 31.4 Å². The van der Waals surface area contributed by atoms with Gasteiger partial charge in [0.15, 0.2) is 0 Å². The fourth-order valence-corrected chi connectivity index (χ4v) is 2.21. The topological polar surface area (TPSA) is 38.7 Å². The van der Waals surface area contributed by atoms with Gasteiger partial charge in [0.25, 0.3) is 0 Å². The normalized spacial score (nSPS) is 20.8. The highest BCUT2D eigenvalue weighted by Crippen LogP contribution is 2.32. The second-order valence-electron chi connectivity index (χ2n) is 4.36. The van der Waals surface area contributed by atoms with E-state index in [1.54, 1.807) is 0 Å². The molecule has 3 nitrogen and oxygen atoms in total. The van der Waals surface area contributed by atoms with Crippen molar-refractivity contribution in [2.75, 3.05) is 13.4 Å². The number of benzene rings is 1. The molecule has 3 heteroatoms.